The first-order chi connectivity index (χ1) is 11.1. The fourth-order valence-corrected chi connectivity index (χ4v) is 2.24. The minimum absolute atomic E-state index is 0.132. The molecule has 0 unspecified atom stereocenters. The lowest BCUT2D eigenvalue weighted by atomic mass is 10.2. The Bertz CT molecular complexity index is 741. The summed E-state index contributed by atoms with van der Waals surface area (Å²) in [4.78, 5) is 11.9. The molecule has 0 aliphatic heterocycles. The van der Waals surface area contributed by atoms with Gasteiger partial charge in [0.1, 0.15) is 5.75 Å². The molecule has 0 bridgehead atoms. The Hall–Kier alpha value is -2.71. The van der Waals surface area contributed by atoms with Gasteiger partial charge in [-0.2, -0.15) is 5.26 Å². The molecule has 2 aromatic carbocycles. The van der Waals surface area contributed by atoms with E-state index in [4.69, 9.17) is 21.6 Å². The Morgan fingerprint density at radius 1 is 1.26 bits per heavy atom. The molecule has 1 amide bonds. The van der Waals surface area contributed by atoms with Gasteiger partial charge in [0.05, 0.1) is 23.8 Å². The number of ether oxygens (including phenoxy) is 1. The Kier molecular flexibility index (Phi) is 5.84. The average molecular weight is 330 g/mol. The van der Waals surface area contributed by atoms with Crippen LogP contribution in [0.25, 0.3) is 0 Å². The van der Waals surface area contributed by atoms with Gasteiger partial charge in [-0.1, -0.05) is 17.7 Å². The topological polar surface area (TPSA) is 74.2 Å². The summed E-state index contributed by atoms with van der Waals surface area (Å²) < 4.78 is 5.08. The van der Waals surface area contributed by atoms with Crippen LogP contribution in [-0.2, 0) is 4.79 Å². The minimum Gasteiger partial charge on any atom is -0.495 e. The summed E-state index contributed by atoms with van der Waals surface area (Å²) >= 11 is 6.04. The molecule has 0 saturated carbocycles. The van der Waals surface area contributed by atoms with Crippen LogP contribution >= 0.6 is 11.6 Å². The van der Waals surface area contributed by atoms with Crippen LogP contribution in [0.15, 0.2) is 42.5 Å². The number of hydrogen-bond acceptors (Lipinski definition) is 4. The van der Waals surface area contributed by atoms with Gasteiger partial charge < -0.3 is 15.4 Å². The molecule has 0 aliphatic rings. The fraction of sp³-hybridized carbons (Fsp3) is 0.176. The quantitative estimate of drug-likeness (QED) is 0.848. The number of rotatable bonds is 6. The molecule has 0 atom stereocenters. The van der Waals surface area contributed by atoms with Gasteiger partial charge in [-0.25, -0.2) is 0 Å². The summed E-state index contributed by atoms with van der Waals surface area (Å²) in [5.41, 5.74) is 1.94. The number of nitrogens with zero attached hydrogens (tertiary/aromatic N) is 1. The van der Waals surface area contributed by atoms with E-state index in [2.05, 4.69) is 10.6 Å². The van der Waals surface area contributed by atoms with E-state index in [-0.39, 0.29) is 5.91 Å². The summed E-state index contributed by atoms with van der Waals surface area (Å²) in [6, 6.07) is 14.2. The molecule has 0 spiro atoms. The lowest BCUT2D eigenvalue weighted by molar-refractivity contribution is -0.115. The normalized spacial score (nSPS) is 9.78. The summed E-state index contributed by atoms with van der Waals surface area (Å²) in [6.07, 6.45) is 0.292. The first kappa shape index (κ1) is 16.7. The van der Waals surface area contributed by atoms with Crippen LogP contribution in [0.3, 0.4) is 0 Å². The predicted molar refractivity (Wildman–Crippen MR) is 90.9 cm³/mol. The number of benzene rings is 2. The van der Waals surface area contributed by atoms with Gasteiger partial charge in [-0.05, 0) is 36.4 Å². The summed E-state index contributed by atoms with van der Waals surface area (Å²) in [5.74, 6) is 0.472. The summed E-state index contributed by atoms with van der Waals surface area (Å²) in [5, 5.41) is 15.2. The van der Waals surface area contributed by atoms with Gasteiger partial charge in [0.2, 0.25) is 5.91 Å². The minimum atomic E-state index is -0.132. The largest absolute Gasteiger partial charge is 0.495 e. The van der Waals surface area contributed by atoms with E-state index in [1.807, 2.05) is 12.1 Å². The van der Waals surface area contributed by atoms with Crippen LogP contribution in [0.4, 0.5) is 11.4 Å². The summed E-state index contributed by atoms with van der Waals surface area (Å²) in [7, 11) is 1.56. The Balaban J connectivity index is 1.83. The van der Waals surface area contributed by atoms with Crippen molar-refractivity contribution < 1.29 is 9.53 Å². The molecule has 118 valence electrons. The highest BCUT2D eigenvalue weighted by molar-refractivity contribution is 6.32. The lowest BCUT2D eigenvalue weighted by Gasteiger charge is -2.09. The zero-order valence-electron chi connectivity index (χ0n) is 12.6. The first-order valence-electron chi connectivity index (χ1n) is 7.00. The van der Waals surface area contributed by atoms with E-state index in [0.29, 0.717) is 35.0 Å². The maximum absolute atomic E-state index is 11.9. The van der Waals surface area contributed by atoms with E-state index in [1.54, 1.807) is 43.5 Å². The molecule has 0 radical (unpaired) electrons. The molecule has 0 aromatic heterocycles. The second-order valence-electron chi connectivity index (χ2n) is 4.77. The van der Waals surface area contributed by atoms with E-state index >= 15 is 0 Å². The second kappa shape index (κ2) is 8.06. The van der Waals surface area contributed by atoms with E-state index in [1.165, 1.54) is 0 Å². The zero-order valence-corrected chi connectivity index (χ0v) is 13.4. The van der Waals surface area contributed by atoms with Gasteiger partial charge in [0.25, 0.3) is 0 Å². The standard InChI is InChI=1S/C17H16ClN3O2/c1-23-16-6-5-13(10-15(16)18)20-8-7-17(22)21-14-4-2-3-12(9-14)11-19/h2-6,9-10,20H,7-8H2,1H3,(H,21,22). The Morgan fingerprint density at radius 3 is 2.78 bits per heavy atom. The molecule has 23 heavy (non-hydrogen) atoms. The van der Waals surface area contributed by atoms with Crippen molar-refractivity contribution in [1.82, 2.24) is 0 Å². The predicted octanol–water partition coefficient (Wildman–Crippen LogP) is 3.66. The molecule has 0 aliphatic carbocycles. The molecular weight excluding hydrogens is 314 g/mol. The van der Waals surface area contributed by atoms with Gasteiger partial charge >= 0.3 is 0 Å². The maximum atomic E-state index is 11.9. The highest BCUT2D eigenvalue weighted by Gasteiger charge is 2.05. The van der Waals surface area contributed by atoms with Crippen molar-refractivity contribution in [3.05, 3.63) is 53.1 Å². The third-order valence-electron chi connectivity index (χ3n) is 3.11. The molecule has 6 heteroatoms. The van der Waals surface area contributed by atoms with E-state index < -0.39 is 0 Å². The third-order valence-corrected chi connectivity index (χ3v) is 3.40. The number of halogens is 1. The van der Waals surface area contributed by atoms with Crippen molar-refractivity contribution in [3.63, 3.8) is 0 Å². The van der Waals surface area contributed by atoms with Gasteiger partial charge in [-0.3, -0.25) is 4.79 Å². The first-order valence-corrected chi connectivity index (χ1v) is 7.37. The Morgan fingerprint density at radius 2 is 2.09 bits per heavy atom. The van der Waals surface area contributed by atoms with Crippen molar-refractivity contribution in [1.29, 1.82) is 5.26 Å². The second-order valence-corrected chi connectivity index (χ2v) is 5.17. The zero-order chi connectivity index (χ0) is 16.7. The number of carbonyl (C=O) groups excluding carboxylic acids is 1. The molecule has 0 heterocycles. The third kappa shape index (κ3) is 4.90. The number of amides is 1. The maximum Gasteiger partial charge on any atom is 0.226 e. The molecule has 0 fully saturated rings. The van der Waals surface area contributed by atoms with Gasteiger partial charge in [-0.15, -0.1) is 0 Å². The molecular formula is C17H16ClN3O2. The van der Waals surface area contributed by atoms with Crippen LogP contribution in [-0.4, -0.2) is 19.6 Å². The number of nitrogens with one attached hydrogen (secondary N) is 2. The highest BCUT2D eigenvalue weighted by atomic mass is 35.5. The number of methoxy groups -OCH3 is 1. The van der Waals surface area contributed by atoms with Gasteiger partial charge in [0.15, 0.2) is 0 Å². The monoisotopic (exact) mass is 329 g/mol. The van der Waals surface area contributed by atoms with Crippen molar-refractivity contribution in [3.8, 4) is 11.8 Å². The van der Waals surface area contributed by atoms with Gasteiger partial charge in [0, 0.05) is 24.3 Å². The van der Waals surface area contributed by atoms with Crippen molar-refractivity contribution in [2.24, 2.45) is 0 Å². The number of hydrogen-bond donors (Lipinski definition) is 2. The SMILES string of the molecule is COc1ccc(NCCC(=O)Nc2cccc(C#N)c2)cc1Cl. The van der Waals surface area contributed by atoms with E-state index in [9.17, 15) is 4.79 Å². The van der Waals surface area contributed by atoms with Crippen molar-refractivity contribution in [2.75, 3.05) is 24.3 Å². The smallest absolute Gasteiger partial charge is 0.226 e. The number of nitriles is 1. The molecule has 2 N–H and O–H groups in total. The molecule has 5 nitrogen and oxygen atoms in total. The van der Waals surface area contributed by atoms with Crippen molar-refractivity contribution >= 4 is 28.9 Å². The van der Waals surface area contributed by atoms with Crippen LogP contribution in [0.1, 0.15) is 12.0 Å². The fourth-order valence-electron chi connectivity index (χ4n) is 1.99. The lowest BCUT2D eigenvalue weighted by Crippen LogP contribution is -2.16. The molecule has 2 rings (SSSR count). The number of anilines is 2. The number of carbonyl (C=O) groups is 1. The molecule has 0 saturated heterocycles. The average Bonchev–Trinajstić information content (AvgIpc) is 2.55. The van der Waals surface area contributed by atoms with Crippen LogP contribution in [0.5, 0.6) is 5.75 Å². The van der Waals surface area contributed by atoms with E-state index in [0.717, 1.165) is 5.69 Å². The van der Waals surface area contributed by atoms with Crippen LogP contribution in [0.2, 0.25) is 5.02 Å². The summed E-state index contributed by atoms with van der Waals surface area (Å²) in [6.45, 7) is 0.465. The highest BCUT2D eigenvalue weighted by Crippen LogP contribution is 2.27. The van der Waals surface area contributed by atoms with Crippen LogP contribution in [0, 0.1) is 11.3 Å². The van der Waals surface area contributed by atoms with Crippen molar-refractivity contribution in [2.45, 2.75) is 6.42 Å². The molecule has 2 aromatic rings. The Labute approximate surface area is 139 Å². The van der Waals surface area contributed by atoms with Crippen LogP contribution < -0.4 is 15.4 Å².